The highest BCUT2D eigenvalue weighted by molar-refractivity contribution is 14.1. The van der Waals surface area contributed by atoms with Gasteiger partial charge in [0.25, 0.3) is 0 Å². The summed E-state index contributed by atoms with van der Waals surface area (Å²) in [5.41, 5.74) is 4.90. The smallest absolute Gasteiger partial charge is 0.168 e. The SMILES string of the molecule is N=C(C=O)C(I)=CN. The number of nitrogens with one attached hydrogen (secondary N) is 1. The van der Waals surface area contributed by atoms with Crippen LogP contribution in [0.3, 0.4) is 0 Å². The third kappa shape index (κ3) is 2.06. The van der Waals surface area contributed by atoms with Gasteiger partial charge in [0.15, 0.2) is 6.29 Å². The van der Waals surface area contributed by atoms with Gasteiger partial charge in [-0.25, -0.2) is 0 Å². The summed E-state index contributed by atoms with van der Waals surface area (Å²) in [6.45, 7) is 0. The molecule has 0 aromatic heterocycles. The van der Waals surface area contributed by atoms with E-state index in [0.29, 0.717) is 9.87 Å². The van der Waals surface area contributed by atoms with Gasteiger partial charge in [-0.3, -0.25) is 10.2 Å². The molecule has 4 heteroatoms. The van der Waals surface area contributed by atoms with Crippen LogP contribution < -0.4 is 5.73 Å². The average Bonchev–Trinajstić information content (AvgIpc) is 1.84. The molecule has 0 heterocycles. The first-order chi connectivity index (χ1) is 3.72. The minimum atomic E-state index is -0.0758. The van der Waals surface area contributed by atoms with Gasteiger partial charge in [0.2, 0.25) is 0 Å². The minimum absolute atomic E-state index is 0.0758. The molecule has 0 radical (unpaired) electrons. The summed E-state index contributed by atoms with van der Waals surface area (Å²) in [6.07, 6.45) is 1.67. The Balaban J connectivity index is 4.03. The van der Waals surface area contributed by atoms with Gasteiger partial charge < -0.3 is 5.73 Å². The maximum absolute atomic E-state index is 9.78. The second-order valence-corrected chi connectivity index (χ2v) is 2.21. The molecule has 0 rings (SSSR count). The van der Waals surface area contributed by atoms with Gasteiger partial charge >= 0.3 is 0 Å². The Hall–Kier alpha value is -0.390. The number of nitrogens with two attached hydrogens (primary N) is 1. The van der Waals surface area contributed by atoms with Gasteiger partial charge in [0.05, 0.1) is 3.58 Å². The first-order valence-corrected chi connectivity index (χ1v) is 2.91. The predicted molar refractivity (Wildman–Crippen MR) is 40.1 cm³/mol. The van der Waals surface area contributed by atoms with E-state index in [9.17, 15) is 4.79 Å². The van der Waals surface area contributed by atoms with Crippen LogP contribution in [0.2, 0.25) is 0 Å². The Bertz CT molecular complexity index is 141. The molecule has 0 bridgehead atoms. The van der Waals surface area contributed by atoms with Crippen LogP contribution >= 0.6 is 22.6 Å². The number of carbonyl (C=O) groups is 1. The third-order valence-electron chi connectivity index (χ3n) is 0.521. The molecule has 44 valence electrons. The molecular formula is C4H5IN2O. The van der Waals surface area contributed by atoms with Crippen molar-refractivity contribution in [2.45, 2.75) is 0 Å². The first-order valence-electron chi connectivity index (χ1n) is 1.84. The fraction of sp³-hybridized carbons (Fsp3) is 0. The Morgan fingerprint density at radius 2 is 2.25 bits per heavy atom. The Labute approximate surface area is 60.6 Å². The van der Waals surface area contributed by atoms with Gasteiger partial charge in [-0.15, -0.1) is 0 Å². The van der Waals surface area contributed by atoms with E-state index in [1.807, 2.05) is 22.6 Å². The standard InChI is InChI=1S/C4H5IN2O/c5-3(1-6)4(7)2-8/h1-2,7H,6H2. The maximum Gasteiger partial charge on any atom is 0.168 e. The second-order valence-electron chi connectivity index (χ2n) is 1.05. The Morgan fingerprint density at radius 1 is 1.75 bits per heavy atom. The van der Waals surface area contributed by atoms with Crippen LogP contribution in [0.1, 0.15) is 0 Å². The summed E-state index contributed by atoms with van der Waals surface area (Å²) < 4.78 is 0.470. The molecule has 0 aromatic rings. The van der Waals surface area contributed by atoms with E-state index in [4.69, 9.17) is 11.1 Å². The summed E-state index contributed by atoms with van der Waals surface area (Å²) in [6, 6.07) is 0. The number of rotatable bonds is 2. The van der Waals surface area contributed by atoms with Crippen molar-refractivity contribution in [3.63, 3.8) is 0 Å². The van der Waals surface area contributed by atoms with E-state index in [1.54, 1.807) is 0 Å². The largest absolute Gasteiger partial charge is 0.404 e. The van der Waals surface area contributed by atoms with E-state index in [1.165, 1.54) is 6.20 Å². The van der Waals surface area contributed by atoms with Crippen molar-refractivity contribution in [1.82, 2.24) is 0 Å². The quantitative estimate of drug-likeness (QED) is 0.406. The van der Waals surface area contributed by atoms with Crippen molar-refractivity contribution in [1.29, 1.82) is 5.41 Å². The van der Waals surface area contributed by atoms with E-state index in [2.05, 4.69) is 0 Å². The monoisotopic (exact) mass is 224 g/mol. The molecule has 8 heavy (non-hydrogen) atoms. The van der Waals surface area contributed by atoms with Crippen molar-refractivity contribution in [2.24, 2.45) is 5.73 Å². The second kappa shape index (κ2) is 3.59. The highest BCUT2D eigenvalue weighted by atomic mass is 127. The fourth-order valence-electron chi connectivity index (χ4n) is 0.146. The van der Waals surface area contributed by atoms with Crippen molar-refractivity contribution >= 4 is 34.6 Å². The van der Waals surface area contributed by atoms with Gasteiger partial charge in [0.1, 0.15) is 5.71 Å². The number of allylic oxidation sites excluding steroid dienone is 1. The van der Waals surface area contributed by atoms with Gasteiger partial charge in [-0.2, -0.15) is 0 Å². The van der Waals surface area contributed by atoms with Crippen LogP contribution in [-0.2, 0) is 4.79 Å². The molecule has 0 aliphatic carbocycles. The Kier molecular flexibility index (Phi) is 3.42. The third-order valence-corrected chi connectivity index (χ3v) is 1.46. The molecule has 0 unspecified atom stereocenters. The van der Waals surface area contributed by atoms with E-state index < -0.39 is 0 Å². The predicted octanol–water partition coefficient (Wildman–Crippen LogP) is 0.440. The topological polar surface area (TPSA) is 66.9 Å². The van der Waals surface area contributed by atoms with Crippen molar-refractivity contribution in [3.05, 3.63) is 9.78 Å². The number of aldehydes is 1. The first kappa shape index (κ1) is 7.61. The lowest BCUT2D eigenvalue weighted by atomic mass is 10.4. The highest BCUT2D eigenvalue weighted by Crippen LogP contribution is 2.02. The van der Waals surface area contributed by atoms with Crippen LogP contribution in [0.25, 0.3) is 0 Å². The summed E-state index contributed by atoms with van der Waals surface area (Å²) >= 11 is 1.81. The van der Waals surface area contributed by atoms with Crippen molar-refractivity contribution in [3.8, 4) is 0 Å². The lowest BCUT2D eigenvalue weighted by Crippen LogP contribution is -1.98. The maximum atomic E-state index is 9.78. The normalized spacial score (nSPS) is 10.9. The molecule has 0 saturated heterocycles. The van der Waals surface area contributed by atoms with Gasteiger partial charge in [-0.1, -0.05) is 0 Å². The highest BCUT2D eigenvalue weighted by Gasteiger charge is 1.94. The lowest BCUT2D eigenvalue weighted by Gasteiger charge is -1.86. The molecule has 3 N–H and O–H groups in total. The van der Waals surface area contributed by atoms with Crippen LogP contribution in [0.15, 0.2) is 9.78 Å². The molecule has 0 aromatic carbocycles. The molecule has 0 aliphatic heterocycles. The Morgan fingerprint density at radius 3 is 2.38 bits per heavy atom. The molecule has 0 aliphatic rings. The lowest BCUT2D eigenvalue weighted by molar-refractivity contribution is -0.102. The summed E-state index contributed by atoms with van der Waals surface area (Å²) in [5, 5.41) is 6.82. The zero-order chi connectivity index (χ0) is 6.57. The summed E-state index contributed by atoms with van der Waals surface area (Å²) in [4.78, 5) is 9.78. The van der Waals surface area contributed by atoms with Crippen LogP contribution in [-0.4, -0.2) is 12.0 Å². The van der Waals surface area contributed by atoms with Crippen molar-refractivity contribution in [2.75, 3.05) is 0 Å². The van der Waals surface area contributed by atoms with Gasteiger partial charge in [-0.05, 0) is 22.6 Å². The summed E-state index contributed by atoms with van der Waals surface area (Å²) in [7, 11) is 0. The number of carbonyl (C=O) groups excluding carboxylic acids is 1. The summed E-state index contributed by atoms with van der Waals surface area (Å²) in [5.74, 6) is 0. The van der Waals surface area contributed by atoms with Crippen LogP contribution in [0, 0.1) is 5.41 Å². The van der Waals surface area contributed by atoms with Crippen LogP contribution in [0.4, 0.5) is 0 Å². The average molecular weight is 224 g/mol. The minimum Gasteiger partial charge on any atom is -0.404 e. The van der Waals surface area contributed by atoms with Crippen LogP contribution in [0.5, 0.6) is 0 Å². The molecule has 0 fully saturated rings. The van der Waals surface area contributed by atoms with E-state index >= 15 is 0 Å². The number of hydrogen-bond donors (Lipinski definition) is 2. The van der Waals surface area contributed by atoms with E-state index in [0.717, 1.165) is 0 Å². The molecule has 0 saturated carbocycles. The molecule has 0 atom stereocenters. The molecular weight excluding hydrogens is 219 g/mol. The van der Waals surface area contributed by atoms with Gasteiger partial charge in [0, 0.05) is 6.20 Å². The van der Waals surface area contributed by atoms with E-state index in [-0.39, 0.29) is 5.71 Å². The molecule has 0 spiro atoms. The molecule has 3 nitrogen and oxygen atoms in total. The number of hydrogen-bond acceptors (Lipinski definition) is 3. The molecule has 0 amide bonds. The zero-order valence-corrected chi connectivity index (χ0v) is 6.18. The zero-order valence-electron chi connectivity index (χ0n) is 4.02. The number of halogens is 1. The fourth-order valence-corrected chi connectivity index (χ4v) is 0.273. The van der Waals surface area contributed by atoms with Crippen molar-refractivity contribution < 1.29 is 4.79 Å².